The highest BCUT2D eigenvalue weighted by Crippen LogP contribution is 2.39. The Balaban J connectivity index is 2.01. The third-order valence-electron chi connectivity index (χ3n) is 2.96. The van der Waals surface area contributed by atoms with Crippen LogP contribution in [0.5, 0.6) is 5.75 Å². The first-order valence-corrected chi connectivity index (χ1v) is 6.93. The number of hydrogen-bond donors (Lipinski definition) is 2. The molecule has 3 N–H and O–H groups in total. The molecule has 0 fully saturated rings. The number of methoxy groups -OCH3 is 1. The van der Waals surface area contributed by atoms with E-state index in [9.17, 15) is 4.79 Å². The third-order valence-corrected chi connectivity index (χ3v) is 4.13. The number of hydrogen-bond acceptors (Lipinski definition) is 6. The van der Waals surface area contributed by atoms with Crippen LogP contribution in [0.15, 0.2) is 36.9 Å². The lowest BCUT2D eigenvalue weighted by Crippen LogP contribution is -2.12. The lowest BCUT2D eigenvalue weighted by atomic mass is 10.2. The summed E-state index contributed by atoms with van der Waals surface area (Å²) in [6.07, 6.45) is 4.44. The molecule has 2 aromatic heterocycles. The van der Waals surface area contributed by atoms with Crippen molar-refractivity contribution in [2.75, 3.05) is 18.2 Å². The second-order valence-electron chi connectivity index (χ2n) is 4.26. The minimum Gasteiger partial charge on any atom is -0.496 e. The van der Waals surface area contributed by atoms with Crippen LogP contribution in [0.25, 0.3) is 10.1 Å². The number of rotatable bonds is 3. The number of nitrogen functional groups attached to an aromatic ring is 1. The number of nitrogens with zero attached hydrogens (tertiary/aromatic N) is 2. The van der Waals surface area contributed by atoms with Crippen molar-refractivity contribution in [1.82, 2.24) is 9.97 Å². The summed E-state index contributed by atoms with van der Waals surface area (Å²) in [6, 6.07) is 5.59. The van der Waals surface area contributed by atoms with E-state index in [0.29, 0.717) is 22.0 Å². The fourth-order valence-corrected chi connectivity index (χ4v) is 3.07. The van der Waals surface area contributed by atoms with Gasteiger partial charge in [0.05, 0.1) is 36.3 Å². The molecule has 3 aromatic rings. The third kappa shape index (κ3) is 2.38. The molecule has 0 bridgehead atoms. The van der Waals surface area contributed by atoms with Gasteiger partial charge in [-0.2, -0.15) is 0 Å². The number of nitrogens with two attached hydrogens (primary N) is 1. The van der Waals surface area contributed by atoms with Crippen LogP contribution in [0.2, 0.25) is 0 Å². The average molecular weight is 300 g/mol. The number of ether oxygens (including phenoxy) is 1. The highest BCUT2D eigenvalue weighted by atomic mass is 32.1. The van der Waals surface area contributed by atoms with Crippen molar-refractivity contribution in [2.24, 2.45) is 0 Å². The molecule has 0 atom stereocenters. The molecule has 106 valence electrons. The van der Waals surface area contributed by atoms with Crippen molar-refractivity contribution in [1.29, 1.82) is 0 Å². The molecule has 2 heterocycles. The molecule has 0 aliphatic rings. The van der Waals surface area contributed by atoms with Gasteiger partial charge in [-0.25, -0.2) is 9.97 Å². The molecular weight excluding hydrogens is 288 g/mol. The fraction of sp³-hybridized carbons (Fsp3) is 0.0714. The quantitative estimate of drug-likeness (QED) is 0.775. The van der Waals surface area contributed by atoms with E-state index in [1.54, 1.807) is 7.11 Å². The van der Waals surface area contributed by atoms with Gasteiger partial charge < -0.3 is 15.8 Å². The van der Waals surface area contributed by atoms with Crippen LogP contribution in [0, 0.1) is 0 Å². The highest BCUT2D eigenvalue weighted by Gasteiger charge is 2.19. The van der Waals surface area contributed by atoms with Gasteiger partial charge in [-0.05, 0) is 12.1 Å². The summed E-state index contributed by atoms with van der Waals surface area (Å²) in [5.74, 6) is 0.369. The van der Waals surface area contributed by atoms with Gasteiger partial charge in [0.1, 0.15) is 17.0 Å². The lowest BCUT2D eigenvalue weighted by molar-refractivity contribution is 0.103. The van der Waals surface area contributed by atoms with E-state index in [-0.39, 0.29) is 5.91 Å². The molecule has 6 nitrogen and oxygen atoms in total. The SMILES string of the molecule is COc1cccc2sc(C(=O)Nc3cncnc3)c(N)c12. The maximum atomic E-state index is 12.3. The van der Waals surface area contributed by atoms with Gasteiger partial charge >= 0.3 is 0 Å². The van der Waals surface area contributed by atoms with Crippen LogP contribution >= 0.6 is 11.3 Å². The summed E-state index contributed by atoms with van der Waals surface area (Å²) in [6.45, 7) is 0. The van der Waals surface area contributed by atoms with Crippen LogP contribution in [0.3, 0.4) is 0 Å². The summed E-state index contributed by atoms with van der Waals surface area (Å²) in [5.41, 5.74) is 7.05. The number of fused-ring (bicyclic) bond motifs is 1. The van der Waals surface area contributed by atoms with Crippen molar-refractivity contribution in [2.45, 2.75) is 0 Å². The van der Waals surface area contributed by atoms with Crippen molar-refractivity contribution < 1.29 is 9.53 Å². The van der Waals surface area contributed by atoms with Gasteiger partial charge in [0.15, 0.2) is 0 Å². The van der Waals surface area contributed by atoms with E-state index >= 15 is 0 Å². The standard InChI is InChI=1S/C14H12N4O2S/c1-20-9-3-2-4-10-11(9)12(15)13(21-10)14(19)18-8-5-16-7-17-6-8/h2-7H,15H2,1H3,(H,18,19). The molecule has 0 unspecified atom stereocenters. The average Bonchev–Trinajstić information content (AvgIpc) is 2.86. The van der Waals surface area contributed by atoms with E-state index in [1.807, 2.05) is 18.2 Å². The molecule has 1 aromatic carbocycles. The molecule has 0 aliphatic heterocycles. The first kappa shape index (κ1) is 13.3. The lowest BCUT2D eigenvalue weighted by Gasteiger charge is -2.04. The van der Waals surface area contributed by atoms with Crippen LogP contribution < -0.4 is 15.8 Å². The largest absolute Gasteiger partial charge is 0.496 e. The van der Waals surface area contributed by atoms with Gasteiger partial charge in [0, 0.05) is 4.70 Å². The van der Waals surface area contributed by atoms with Gasteiger partial charge in [-0.15, -0.1) is 11.3 Å². The Labute approximate surface area is 124 Å². The van der Waals surface area contributed by atoms with Gasteiger partial charge in [-0.1, -0.05) is 6.07 Å². The molecule has 0 radical (unpaired) electrons. The summed E-state index contributed by atoms with van der Waals surface area (Å²) in [7, 11) is 1.58. The van der Waals surface area contributed by atoms with Crippen molar-refractivity contribution >= 4 is 38.7 Å². The van der Waals surface area contributed by atoms with E-state index in [4.69, 9.17) is 10.5 Å². The number of thiophene rings is 1. The van der Waals surface area contributed by atoms with E-state index in [2.05, 4.69) is 15.3 Å². The Bertz CT molecular complexity index is 801. The van der Waals surface area contributed by atoms with Gasteiger partial charge in [-0.3, -0.25) is 4.79 Å². The van der Waals surface area contributed by atoms with Gasteiger partial charge in [0.2, 0.25) is 0 Å². The smallest absolute Gasteiger partial charge is 0.267 e. The number of carbonyl (C=O) groups excluding carboxylic acids is 1. The Kier molecular flexibility index (Phi) is 3.41. The monoisotopic (exact) mass is 300 g/mol. The first-order chi connectivity index (χ1) is 10.2. The van der Waals surface area contributed by atoms with Crippen LogP contribution in [-0.2, 0) is 0 Å². The summed E-state index contributed by atoms with van der Waals surface area (Å²) < 4.78 is 6.20. The van der Waals surface area contributed by atoms with E-state index in [0.717, 1.165) is 10.1 Å². The van der Waals surface area contributed by atoms with Crippen LogP contribution in [-0.4, -0.2) is 23.0 Å². The number of aromatic nitrogens is 2. The van der Waals surface area contributed by atoms with E-state index < -0.39 is 0 Å². The molecule has 3 rings (SSSR count). The molecule has 0 saturated carbocycles. The number of amides is 1. The summed E-state index contributed by atoms with van der Waals surface area (Å²) >= 11 is 1.32. The fourth-order valence-electron chi connectivity index (χ4n) is 2.03. The zero-order chi connectivity index (χ0) is 14.8. The molecule has 1 amide bonds. The molecule has 21 heavy (non-hydrogen) atoms. The predicted molar refractivity (Wildman–Crippen MR) is 82.8 cm³/mol. The second kappa shape index (κ2) is 5.37. The normalized spacial score (nSPS) is 10.5. The van der Waals surface area contributed by atoms with E-state index in [1.165, 1.54) is 30.1 Å². The van der Waals surface area contributed by atoms with Crippen molar-refractivity contribution in [3.05, 3.63) is 41.8 Å². The zero-order valence-electron chi connectivity index (χ0n) is 11.2. The number of benzene rings is 1. The van der Waals surface area contributed by atoms with Crippen LogP contribution in [0.4, 0.5) is 11.4 Å². The molecule has 0 spiro atoms. The predicted octanol–water partition coefficient (Wildman–Crippen LogP) is 2.53. The number of nitrogens with one attached hydrogen (secondary N) is 1. The second-order valence-corrected chi connectivity index (χ2v) is 5.31. The topological polar surface area (TPSA) is 90.1 Å². The highest BCUT2D eigenvalue weighted by molar-refractivity contribution is 7.21. The van der Waals surface area contributed by atoms with Crippen molar-refractivity contribution in [3.8, 4) is 5.75 Å². The Hall–Kier alpha value is -2.67. The summed E-state index contributed by atoms with van der Waals surface area (Å²) in [4.78, 5) is 20.5. The molecule has 7 heteroatoms. The Morgan fingerprint density at radius 3 is 2.81 bits per heavy atom. The first-order valence-electron chi connectivity index (χ1n) is 6.12. The minimum absolute atomic E-state index is 0.287. The Morgan fingerprint density at radius 2 is 2.10 bits per heavy atom. The minimum atomic E-state index is -0.287. The number of anilines is 2. The zero-order valence-corrected chi connectivity index (χ0v) is 12.0. The summed E-state index contributed by atoms with van der Waals surface area (Å²) in [5, 5.41) is 3.49. The molecule has 0 aliphatic carbocycles. The van der Waals surface area contributed by atoms with Gasteiger partial charge in [0.25, 0.3) is 5.91 Å². The maximum Gasteiger partial charge on any atom is 0.267 e. The maximum absolute atomic E-state index is 12.3. The molecule has 0 saturated heterocycles. The Morgan fingerprint density at radius 1 is 1.33 bits per heavy atom. The molecular formula is C14H12N4O2S. The van der Waals surface area contributed by atoms with Crippen molar-refractivity contribution in [3.63, 3.8) is 0 Å². The van der Waals surface area contributed by atoms with Crippen LogP contribution in [0.1, 0.15) is 9.67 Å². The number of carbonyl (C=O) groups is 1.